The molecule has 1 heterocycles. The number of amides is 1. The molecule has 0 spiro atoms. The highest BCUT2D eigenvalue weighted by Gasteiger charge is 2.22. The summed E-state index contributed by atoms with van der Waals surface area (Å²) < 4.78 is 3.04. The van der Waals surface area contributed by atoms with Gasteiger partial charge < -0.3 is 4.90 Å². The normalized spacial score (nSPS) is 11.3. The van der Waals surface area contributed by atoms with Gasteiger partial charge in [-0.2, -0.15) is 0 Å². The second kappa shape index (κ2) is 9.28. The Bertz CT molecular complexity index is 923. The van der Waals surface area contributed by atoms with Crippen LogP contribution < -0.4 is 4.90 Å². The first-order valence-electron chi connectivity index (χ1n) is 8.87. The topological polar surface area (TPSA) is 36.4 Å². The first-order valence-corrected chi connectivity index (χ1v) is 11.3. The molecule has 0 saturated carbocycles. The fraction of sp³-hybridized carbons (Fsp3) is 0.300. The van der Waals surface area contributed by atoms with Crippen LogP contribution in [0, 0.1) is 0 Å². The number of likely N-dealkylation sites (N-methyl/N-ethyl adjacent to an activating group) is 1. The number of fused-ring (bicyclic) bond motifs is 1. The Hall–Kier alpha value is -1.28. The van der Waals surface area contributed by atoms with Crippen molar-refractivity contribution in [2.75, 3.05) is 31.1 Å². The predicted octanol–water partition coefficient (Wildman–Crippen LogP) is 5.81. The lowest BCUT2D eigenvalue weighted by molar-refractivity contribution is 0.0984. The second-order valence-electron chi connectivity index (χ2n) is 6.10. The van der Waals surface area contributed by atoms with Gasteiger partial charge in [0.1, 0.15) is 0 Å². The van der Waals surface area contributed by atoms with Crippen LogP contribution in [0.15, 0.2) is 51.4 Å². The molecule has 0 atom stereocenters. The summed E-state index contributed by atoms with van der Waals surface area (Å²) in [6, 6.07) is 13.5. The molecule has 0 bridgehead atoms. The van der Waals surface area contributed by atoms with Gasteiger partial charge in [-0.15, -0.1) is 0 Å². The molecule has 0 N–H and O–H groups in total. The van der Waals surface area contributed by atoms with E-state index in [2.05, 4.69) is 50.6 Å². The van der Waals surface area contributed by atoms with Gasteiger partial charge in [-0.05, 0) is 55.6 Å². The van der Waals surface area contributed by atoms with Crippen LogP contribution in [0.2, 0.25) is 0 Å². The first kappa shape index (κ1) is 20.5. The average Bonchev–Trinajstić information content (AvgIpc) is 3.08. The molecule has 0 aliphatic rings. The lowest BCUT2D eigenvalue weighted by Gasteiger charge is -2.24. The van der Waals surface area contributed by atoms with Crippen LogP contribution in [0.1, 0.15) is 24.2 Å². The molecule has 2 aromatic carbocycles. The van der Waals surface area contributed by atoms with Crippen molar-refractivity contribution >= 4 is 64.5 Å². The van der Waals surface area contributed by atoms with Crippen molar-refractivity contribution in [1.29, 1.82) is 0 Å². The van der Waals surface area contributed by atoms with Crippen molar-refractivity contribution in [3.63, 3.8) is 0 Å². The minimum Gasteiger partial charge on any atom is -0.302 e. The van der Waals surface area contributed by atoms with E-state index in [4.69, 9.17) is 4.98 Å². The van der Waals surface area contributed by atoms with E-state index in [0.29, 0.717) is 12.1 Å². The quantitative estimate of drug-likeness (QED) is 0.402. The zero-order valence-corrected chi connectivity index (χ0v) is 19.3. The van der Waals surface area contributed by atoms with E-state index in [1.54, 1.807) is 16.2 Å². The Morgan fingerprint density at radius 3 is 2.33 bits per heavy atom. The number of aromatic nitrogens is 1. The van der Waals surface area contributed by atoms with Crippen LogP contribution in [0.3, 0.4) is 0 Å². The number of halogens is 2. The maximum atomic E-state index is 13.2. The third kappa shape index (κ3) is 4.96. The highest BCUT2D eigenvalue weighted by atomic mass is 79.9. The number of rotatable bonds is 7. The van der Waals surface area contributed by atoms with Gasteiger partial charge >= 0.3 is 0 Å². The van der Waals surface area contributed by atoms with Gasteiger partial charge in [0, 0.05) is 27.6 Å². The molecule has 0 aliphatic carbocycles. The summed E-state index contributed by atoms with van der Waals surface area (Å²) in [5.41, 5.74) is 1.58. The summed E-state index contributed by atoms with van der Waals surface area (Å²) in [4.78, 5) is 22.1. The standard InChI is InChI=1S/C20H21Br2N3OS/c1-3-24(4-2)11-12-25(19(26)14-5-7-15(21)8-6-14)20-23-17-10-9-16(22)13-18(17)27-20/h5-10,13H,3-4,11-12H2,1-2H3. The third-order valence-corrected chi connectivity index (χ3v) is 6.50. The molecule has 0 radical (unpaired) electrons. The molecule has 7 heteroatoms. The van der Waals surface area contributed by atoms with Crippen molar-refractivity contribution in [2.24, 2.45) is 0 Å². The van der Waals surface area contributed by atoms with Crippen LogP contribution in [-0.2, 0) is 0 Å². The third-order valence-electron chi connectivity index (χ3n) is 4.44. The molecular formula is C20H21Br2N3OS. The highest BCUT2D eigenvalue weighted by molar-refractivity contribution is 9.10. The van der Waals surface area contributed by atoms with Crippen molar-refractivity contribution < 1.29 is 4.79 Å². The summed E-state index contributed by atoms with van der Waals surface area (Å²) in [5.74, 6) is -0.0206. The average molecular weight is 511 g/mol. The molecular weight excluding hydrogens is 490 g/mol. The molecule has 142 valence electrons. The van der Waals surface area contributed by atoms with Gasteiger partial charge in [0.15, 0.2) is 5.13 Å². The van der Waals surface area contributed by atoms with Gasteiger partial charge in [0.2, 0.25) is 0 Å². The molecule has 0 saturated heterocycles. The Balaban J connectivity index is 1.94. The smallest absolute Gasteiger partial charge is 0.260 e. The highest BCUT2D eigenvalue weighted by Crippen LogP contribution is 2.31. The molecule has 4 nitrogen and oxygen atoms in total. The minimum atomic E-state index is -0.0206. The Morgan fingerprint density at radius 1 is 1.00 bits per heavy atom. The maximum Gasteiger partial charge on any atom is 0.260 e. The van der Waals surface area contributed by atoms with Crippen LogP contribution in [-0.4, -0.2) is 42.0 Å². The monoisotopic (exact) mass is 509 g/mol. The first-order chi connectivity index (χ1) is 13.0. The molecule has 1 amide bonds. The summed E-state index contributed by atoms with van der Waals surface area (Å²) >= 11 is 8.48. The van der Waals surface area contributed by atoms with Gasteiger partial charge in [-0.3, -0.25) is 9.69 Å². The van der Waals surface area contributed by atoms with Crippen LogP contribution in [0.25, 0.3) is 10.2 Å². The van der Waals surface area contributed by atoms with Crippen molar-refractivity contribution in [1.82, 2.24) is 9.88 Å². The fourth-order valence-corrected chi connectivity index (χ4v) is 4.62. The lowest BCUT2D eigenvalue weighted by atomic mass is 10.2. The van der Waals surface area contributed by atoms with E-state index in [1.807, 2.05) is 42.5 Å². The van der Waals surface area contributed by atoms with E-state index >= 15 is 0 Å². The van der Waals surface area contributed by atoms with Crippen molar-refractivity contribution in [3.05, 3.63) is 57.0 Å². The Kier molecular flexibility index (Phi) is 7.03. The number of benzene rings is 2. The number of hydrogen-bond acceptors (Lipinski definition) is 4. The van der Waals surface area contributed by atoms with Crippen LogP contribution in [0.5, 0.6) is 0 Å². The molecule has 0 aliphatic heterocycles. The molecule has 0 fully saturated rings. The Morgan fingerprint density at radius 2 is 1.67 bits per heavy atom. The summed E-state index contributed by atoms with van der Waals surface area (Å²) in [5, 5.41) is 0.739. The number of carbonyl (C=O) groups excluding carboxylic acids is 1. The van der Waals surface area contributed by atoms with E-state index in [0.717, 1.165) is 43.9 Å². The van der Waals surface area contributed by atoms with Gasteiger partial charge in [-0.1, -0.05) is 57.0 Å². The molecule has 1 aromatic heterocycles. The van der Waals surface area contributed by atoms with E-state index in [1.165, 1.54) is 0 Å². The largest absolute Gasteiger partial charge is 0.302 e. The predicted molar refractivity (Wildman–Crippen MR) is 121 cm³/mol. The number of thiazole rings is 1. The Labute approximate surface area is 180 Å². The summed E-state index contributed by atoms with van der Waals surface area (Å²) in [6.45, 7) is 7.62. The molecule has 0 unspecified atom stereocenters. The number of carbonyl (C=O) groups is 1. The SMILES string of the molecule is CCN(CC)CCN(C(=O)c1ccc(Br)cc1)c1nc2ccc(Br)cc2s1. The van der Waals surface area contributed by atoms with E-state index < -0.39 is 0 Å². The number of nitrogens with zero attached hydrogens (tertiary/aromatic N) is 3. The van der Waals surface area contributed by atoms with Crippen molar-refractivity contribution in [2.45, 2.75) is 13.8 Å². The number of hydrogen-bond donors (Lipinski definition) is 0. The summed E-state index contributed by atoms with van der Waals surface area (Å²) in [7, 11) is 0. The van der Waals surface area contributed by atoms with Crippen molar-refractivity contribution in [3.8, 4) is 0 Å². The van der Waals surface area contributed by atoms with Crippen LogP contribution in [0.4, 0.5) is 5.13 Å². The van der Waals surface area contributed by atoms with Gasteiger partial charge in [-0.25, -0.2) is 4.98 Å². The second-order valence-corrected chi connectivity index (χ2v) is 8.94. The van der Waals surface area contributed by atoms with Gasteiger partial charge in [0.25, 0.3) is 5.91 Å². The molecule has 27 heavy (non-hydrogen) atoms. The summed E-state index contributed by atoms with van der Waals surface area (Å²) in [6.07, 6.45) is 0. The van der Waals surface area contributed by atoms with E-state index in [-0.39, 0.29) is 5.91 Å². The molecule has 3 rings (SSSR count). The van der Waals surface area contributed by atoms with Crippen LogP contribution >= 0.6 is 43.2 Å². The number of anilines is 1. The fourth-order valence-electron chi connectivity index (χ4n) is 2.82. The zero-order valence-electron chi connectivity index (χ0n) is 15.3. The molecule has 3 aromatic rings. The maximum absolute atomic E-state index is 13.2. The van der Waals surface area contributed by atoms with Gasteiger partial charge in [0.05, 0.1) is 10.2 Å². The zero-order chi connectivity index (χ0) is 19.4. The lowest BCUT2D eigenvalue weighted by Crippen LogP contribution is -2.38. The van der Waals surface area contributed by atoms with E-state index in [9.17, 15) is 4.79 Å². The minimum absolute atomic E-state index is 0.0206.